The predicted molar refractivity (Wildman–Crippen MR) is 98.1 cm³/mol. The Bertz CT molecular complexity index is 959. The van der Waals surface area contributed by atoms with E-state index in [1.165, 1.54) is 12.1 Å². The number of aromatic nitrogens is 1. The van der Waals surface area contributed by atoms with Crippen LogP contribution in [0.4, 0.5) is 4.39 Å². The van der Waals surface area contributed by atoms with Gasteiger partial charge in [0.05, 0.1) is 12.3 Å². The minimum Gasteiger partial charge on any atom is -0.494 e. The van der Waals surface area contributed by atoms with Crippen LogP contribution in [0.2, 0.25) is 0 Å². The average Bonchev–Trinajstić information content (AvgIpc) is 2.57. The fourth-order valence-corrected chi connectivity index (χ4v) is 2.90. The summed E-state index contributed by atoms with van der Waals surface area (Å²) in [5.74, 6) is 0.500. The summed E-state index contributed by atoms with van der Waals surface area (Å²) in [6.07, 6.45) is 1.81. The molecular weight excluding hydrogens is 317 g/mol. The molecule has 0 saturated heterocycles. The number of aryl methyl sites for hydroxylation is 2. The molecule has 3 aromatic rings. The van der Waals surface area contributed by atoms with Crippen molar-refractivity contribution < 1.29 is 9.13 Å². The number of ether oxygens (including phenoxy) is 1. The second-order valence-corrected chi connectivity index (χ2v) is 5.97. The Balaban J connectivity index is 2.13. The fourth-order valence-electron chi connectivity index (χ4n) is 2.90. The van der Waals surface area contributed by atoms with E-state index in [4.69, 9.17) is 4.74 Å². The molecule has 0 amide bonds. The van der Waals surface area contributed by atoms with Crippen molar-refractivity contribution in [1.82, 2.24) is 4.57 Å². The zero-order valence-electron chi connectivity index (χ0n) is 14.5. The number of pyridine rings is 1. The van der Waals surface area contributed by atoms with Crippen molar-refractivity contribution in [2.75, 3.05) is 6.61 Å². The van der Waals surface area contributed by atoms with Crippen LogP contribution in [0.5, 0.6) is 5.75 Å². The van der Waals surface area contributed by atoms with E-state index in [-0.39, 0.29) is 11.4 Å². The van der Waals surface area contributed by atoms with Crippen molar-refractivity contribution in [2.45, 2.75) is 20.8 Å². The standard InChI is InChI=1S/C21H20FNO2/c1-4-25-18-9-10-20(15(3)11-18)23-13-19(14(2)12-21(23)24)16-5-7-17(22)8-6-16/h5-13H,4H2,1-3H3. The smallest absolute Gasteiger partial charge is 0.255 e. The Morgan fingerprint density at radius 1 is 1.00 bits per heavy atom. The van der Waals surface area contributed by atoms with Crippen LogP contribution in [0.1, 0.15) is 18.1 Å². The van der Waals surface area contributed by atoms with Gasteiger partial charge >= 0.3 is 0 Å². The molecule has 2 aromatic carbocycles. The summed E-state index contributed by atoms with van der Waals surface area (Å²) < 4.78 is 20.3. The lowest BCUT2D eigenvalue weighted by molar-refractivity contribution is 0.340. The van der Waals surface area contributed by atoms with Gasteiger partial charge in [0.15, 0.2) is 0 Å². The van der Waals surface area contributed by atoms with Gasteiger partial charge in [-0.2, -0.15) is 0 Å². The number of nitrogens with zero attached hydrogens (tertiary/aromatic N) is 1. The second kappa shape index (κ2) is 6.93. The Morgan fingerprint density at radius 2 is 1.72 bits per heavy atom. The van der Waals surface area contributed by atoms with E-state index in [0.29, 0.717) is 6.61 Å². The summed E-state index contributed by atoms with van der Waals surface area (Å²) in [6, 6.07) is 13.5. The SMILES string of the molecule is CCOc1ccc(-n2cc(-c3ccc(F)cc3)c(C)cc2=O)c(C)c1. The molecule has 0 atom stereocenters. The molecule has 0 bridgehead atoms. The summed E-state index contributed by atoms with van der Waals surface area (Å²) in [6.45, 7) is 6.36. The van der Waals surface area contributed by atoms with Crippen molar-refractivity contribution >= 4 is 0 Å². The molecule has 0 fully saturated rings. The highest BCUT2D eigenvalue weighted by molar-refractivity contribution is 5.66. The quantitative estimate of drug-likeness (QED) is 0.693. The Morgan fingerprint density at radius 3 is 2.36 bits per heavy atom. The van der Waals surface area contributed by atoms with Crippen molar-refractivity contribution in [3.05, 3.63) is 82.0 Å². The molecular formula is C21H20FNO2. The lowest BCUT2D eigenvalue weighted by Gasteiger charge is -2.14. The second-order valence-electron chi connectivity index (χ2n) is 5.97. The monoisotopic (exact) mass is 337 g/mol. The Labute approximate surface area is 146 Å². The molecule has 0 unspecified atom stereocenters. The molecule has 3 nitrogen and oxygen atoms in total. The van der Waals surface area contributed by atoms with E-state index in [1.54, 1.807) is 22.8 Å². The van der Waals surface area contributed by atoms with Crippen LogP contribution in [0, 0.1) is 19.7 Å². The normalized spacial score (nSPS) is 10.7. The van der Waals surface area contributed by atoms with Crippen LogP contribution in [-0.2, 0) is 0 Å². The molecule has 3 rings (SSSR count). The van der Waals surface area contributed by atoms with E-state index < -0.39 is 0 Å². The van der Waals surface area contributed by atoms with Gasteiger partial charge in [0.2, 0.25) is 0 Å². The van der Waals surface area contributed by atoms with Crippen LogP contribution in [0.15, 0.2) is 59.5 Å². The maximum atomic E-state index is 13.2. The van der Waals surface area contributed by atoms with Crippen LogP contribution in [0.3, 0.4) is 0 Å². The third-order valence-electron chi connectivity index (χ3n) is 4.15. The Kier molecular flexibility index (Phi) is 4.70. The van der Waals surface area contributed by atoms with Crippen molar-refractivity contribution in [3.63, 3.8) is 0 Å². The first-order chi connectivity index (χ1) is 12.0. The summed E-state index contributed by atoms with van der Waals surface area (Å²) >= 11 is 0. The van der Waals surface area contributed by atoms with Gasteiger partial charge in [0.25, 0.3) is 5.56 Å². The van der Waals surface area contributed by atoms with E-state index in [0.717, 1.165) is 33.7 Å². The number of hydrogen-bond donors (Lipinski definition) is 0. The minimum atomic E-state index is -0.280. The van der Waals surface area contributed by atoms with Crippen LogP contribution >= 0.6 is 0 Å². The lowest BCUT2D eigenvalue weighted by Crippen LogP contribution is -2.18. The van der Waals surface area contributed by atoms with Crippen molar-refractivity contribution in [3.8, 4) is 22.6 Å². The van der Waals surface area contributed by atoms with E-state index in [9.17, 15) is 9.18 Å². The molecule has 0 aliphatic heterocycles. The molecule has 1 aromatic heterocycles. The molecule has 4 heteroatoms. The van der Waals surface area contributed by atoms with E-state index in [2.05, 4.69) is 0 Å². The summed E-state index contributed by atoms with van der Waals surface area (Å²) in [5, 5.41) is 0. The molecule has 128 valence electrons. The fraction of sp³-hybridized carbons (Fsp3) is 0.190. The van der Waals surface area contributed by atoms with Crippen LogP contribution < -0.4 is 10.3 Å². The highest BCUT2D eigenvalue weighted by atomic mass is 19.1. The number of rotatable bonds is 4. The molecule has 0 radical (unpaired) electrons. The third kappa shape index (κ3) is 3.48. The summed E-state index contributed by atoms with van der Waals surface area (Å²) in [4.78, 5) is 12.5. The van der Waals surface area contributed by atoms with Gasteiger partial charge < -0.3 is 4.74 Å². The Hall–Kier alpha value is -2.88. The zero-order chi connectivity index (χ0) is 18.0. The highest BCUT2D eigenvalue weighted by Crippen LogP contribution is 2.25. The molecule has 0 saturated carbocycles. The van der Waals surface area contributed by atoms with Gasteiger partial charge in [-0.1, -0.05) is 12.1 Å². The van der Waals surface area contributed by atoms with Gasteiger partial charge in [-0.15, -0.1) is 0 Å². The molecule has 0 aliphatic rings. The van der Waals surface area contributed by atoms with E-state index >= 15 is 0 Å². The number of halogens is 1. The molecule has 0 aliphatic carbocycles. The van der Waals surface area contributed by atoms with Crippen LogP contribution in [-0.4, -0.2) is 11.2 Å². The molecule has 0 spiro atoms. The maximum Gasteiger partial charge on any atom is 0.255 e. The first-order valence-electron chi connectivity index (χ1n) is 8.22. The average molecular weight is 337 g/mol. The highest BCUT2D eigenvalue weighted by Gasteiger charge is 2.10. The first-order valence-corrected chi connectivity index (χ1v) is 8.22. The number of benzene rings is 2. The number of hydrogen-bond acceptors (Lipinski definition) is 2. The molecule has 25 heavy (non-hydrogen) atoms. The molecule has 1 heterocycles. The van der Waals surface area contributed by atoms with Gasteiger partial charge in [-0.3, -0.25) is 9.36 Å². The summed E-state index contributed by atoms with van der Waals surface area (Å²) in [5.41, 5.74) is 4.27. The van der Waals surface area contributed by atoms with Gasteiger partial charge in [0.1, 0.15) is 11.6 Å². The minimum absolute atomic E-state index is 0.101. The topological polar surface area (TPSA) is 31.2 Å². The summed E-state index contributed by atoms with van der Waals surface area (Å²) in [7, 11) is 0. The lowest BCUT2D eigenvalue weighted by atomic mass is 10.0. The largest absolute Gasteiger partial charge is 0.494 e. The van der Waals surface area contributed by atoms with E-state index in [1.807, 2.05) is 45.2 Å². The van der Waals surface area contributed by atoms with Gasteiger partial charge in [0, 0.05) is 17.8 Å². The predicted octanol–water partition coefficient (Wildman–Crippen LogP) is 4.66. The van der Waals surface area contributed by atoms with Crippen LogP contribution in [0.25, 0.3) is 16.8 Å². The van der Waals surface area contributed by atoms with Gasteiger partial charge in [-0.05, 0) is 67.8 Å². The maximum absolute atomic E-state index is 13.2. The van der Waals surface area contributed by atoms with Gasteiger partial charge in [-0.25, -0.2) is 4.39 Å². The third-order valence-corrected chi connectivity index (χ3v) is 4.15. The first kappa shape index (κ1) is 17.0. The van der Waals surface area contributed by atoms with Crippen molar-refractivity contribution in [2.24, 2.45) is 0 Å². The zero-order valence-corrected chi connectivity index (χ0v) is 14.5. The van der Waals surface area contributed by atoms with Crippen molar-refractivity contribution in [1.29, 1.82) is 0 Å². The molecule has 0 N–H and O–H groups in total.